The summed E-state index contributed by atoms with van der Waals surface area (Å²) in [6, 6.07) is 68.9. The van der Waals surface area contributed by atoms with Crippen molar-refractivity contribution in [3.8, 4) is 67.5 Å². The zero-order chi connectivity index (χ0) is 101. The molecule has 0 N–H and O–H groups in total. The normalized spacial score (nSPS) is 12.9. The minimum Gasteiger partial charge on any atom is -0.232 e. The maximum absolute atomic E-state index is 13.5. The van der Waals surface area contributed by atoms with E-state index in [2.05, 4.69) is 208 Å². The van der Waals surface area contributed by atoms with E-state index in [0.717, 1.165) is 198 Å². The highest BCUT2D eigenvalue weighted by molar-refractivity contribution is 5.97. The van der Waals surface area contributed by atoms with Gasteiger partial charge in [0.1, 0.15) is 69.1 Å². The molecule has 0 bridgehead atoms. The predicted octanol–water partition coefficient (Wildman–Crippen LogP) is 27.9. The third-order valence-corrected chi connectivity index (χ3v) is 27.4. The van der Waals surface area contributed by atoms with Gasteiger partial charge in [-0.15, -0.1) is 0 Å². The number of hydrogen-bond acceptors (Lipinski definition) is 6. The Morgan fingerprint density at radius 3 is 0.810 bits per heavy atom. The second-order valence-corrected chi connectivity index (χ2v) is 42.5. The third kappa shape index (κ3) is 24.5. The molecule has 18 aromatic rings. The quantitative estimate of drug-likeness (QED) is 0.0794. The van der Waals surface area contributed by atoms with Gasteiger partial charge in [-0.2, -0.15) is 0 Å². The Labute approximate surface area is 834 Å². The molecule has 142 heavy (non-hydrogen) atoms. The van der Waals surface area contributed by atoms with Crippen molar-refractivity contribution in [2.75, 3.05) is 0 Å². The monoisotopic (exact) mass is 1910 g/mol. The van der Waals surface area contributed by atoms with Crippen LogP contribution in [-0.2, 0) is 68.0 Å². The van der Waals surface area contributed by atoms with Crippen LogP contribution in [0, 0.1) is 99.1 Å². The van der Waals surface area contributed by atoms with E-state index in [1.54, 1.807) is 36.4 Å². The molecule has 0 radical (unpaired) electrons. The first kappa shape index (κ1) is 103. The van der Waals surface area contributed by atoms with E-state index < -0.39 is 0 Å². The van der Waals surface area contributed by atoms with Crippen molar-refractivity contribution in [3.05, 3.63) is 358 Å². The molecule has 6 heterocycles. The number of benzene rings is 12. The molecule has 2 fully saturated rings. The standard InChI is InChI=1S/C22H24FN2.C21H22FN2.2C21H24FN2.C20H22FN2.C19H20FN2/c1-15-11-18(23)8-10-19(15)22-20-9-7-17(12-16-5-3-4-6-16)13-21(20)24-14-25(22)2;1-14-11-17(22)8-10-18(14)21-19-9-7-16(15-5-3-4-6-15)12-20(19)23-13-24(21)2;2*1-14-10-16(22)7-9-17(14)20-18-8-6-15(12-21(2,3)4)11-19(18)23-13-24(20)5;1-13(2)9-15-5-7-18-19(11-15)22-12-23(4)20(18)17-8-6-16(21)10-14(17)3;1-12(2)14-5-7-17-18(10-14)21-11-22(4)19(17)16-8-6-15(20)9-13(16)3/h7-11,13-14,16H,3-6,12H2,1-2H3;7-13,15H,3-6H2,1-2H3;2*6-11,13H,12H2,1-5H3;5-8,10-13H,9H2,1-4H3;5-12H,1-4H3/q6*+1. The molecule has 2 saturated carbocycles. The van der Waals surface area contributed by atoms with Crippen LogP contribution in [0.5, 0.6) is 0 Å². The maximum atomic E-state index is 13.5. The van der Waals surface area contributed by atoms with Crippen molar-refractivity contribution in [2.45, 2.75) is 200 Å². The van der Waals surface area contributed by atoms with Gasteiger partial charge in [-0.3, -0.25) is 0 Å². The van der Waals surface area contributed by atoms with Crippen molar-refractivity contribution in [1.82, 2.24) is 29.9 Å². The lowest BCUT2D eigenvalue weighted by Crippen LogP contribution is -2.31. The smallest absolute Gasteiger partial charge is 0.232 e. The van der Waals surface area contributed by atoms with Crippen molar-refractivity contribution in [2.24, 2.45) is 65.0 Å². The zero-order valence-corrected chi connectivity index (χ0v) is 86.7. The molecule has 12 aromatic carbocycles. The fourth-order valence-electron chi connectivity index (χ4n) is 20.6. The van der Waals surface area contributed by atoms with Gasteiger partial charge < -0.3 is 0 Å². The summed E-state index contributed by atoms with van der Waals surface area (Å²) >= 11 is 0. The number of halogens is 6. The van der Waals surface area contributed by atoms with Crippen LogP contribution in [0.2, 0.25) is 0 Å². The number of aryl methyl sites for hydroxylation is 12. The minimum atomic E-state index is -0.204. The topological polar surface area (TPSA) is 101 Å². The first-order valence-electron chi connectivity index (χ1n) is 49.9. The Hall–Kier alpha value is -13.7. The van der Waals surface area contributed by atoms with Gasteiger partial charge in [0.05, 0.1) is 74.6 Å². The van der Waals surface area contributed by atoms with Gasteiger partial charge in [-0.1, -0.05) is 144 Å². The fourth-order valence-corrected chi connectivity index (χ4v) is 20.6. The van der Waals surface area contributed by atoms with Gasteiger partial charge in [0.15, 0.2) is 33.1 Å². The molecule has 0 spiro atoms. The summed E-state index contributed by atoms with van der Waals surface area (Å²) in [5.74, 6) is 1.40. The molecule has 0 aliphatic heterocycles. The number of fused-ring (bicyclic) bond motifs is 6. The molecule has 0 atom stereocenters. The average Bonchev–Trinajstić information content (AvgIpc) is 0.842. The third-order valence-electron chi connectivity index (χ3n) is 27.4. The van der Waals surface area contributed by atoms with Crippen LogP contribution in [0.4, 0.5) is 26.3 Å². The molecule has 18 heteroatoms. The second kappa shape index (κ2) is 44.2. The number of aromatic nitrogens is 12. The Morgan fingerprint density at radius 1 is 0.282 bits per heavy atom. The van der Waals surface area contributed by atoms with Gasteiger partial charge in [0.25, 0.3) is 38.0 Å². The predicted molar refractivity (Wildman–Crippen MR) is 564 cm³/mol. The minimum absolute atomic E-state index is 0.193. The molecule has 0 amide bonds. The van der Waals surface area contributed by atoms with Gasteiger partial charge in [0.2, 0.25) is 0 Å². The van der Waals surface area contributed by atoms with E-state index in [1.807, 2.05) is 186 Å². The Bertz CT molecular complexity index is 7560. The average molecular weight is 1910 g/mol. The molecular formula is C124H136F6N12+6. The molecule has 728 valence electrons. The number of rotatable bonds is 14. The summed E-state index contributed by atoms with van der Waals surface area (Å²) < 4.78 is 92.8. The molecule has 0 saturated heterocycles. The maximum Gasteiger partial charge on any atom is 0.287 e. The van der Waals surface area contributed by atoms with Crippen molar-refractivity contribution >= 4 is 65.4 Å². The highest BCUT2D eigenvalue weighted by Gasteiger charge is 2.29. The van der Waals surface area contributed by atoms with Crippen molar-refractivity contribution in [1.29, 1.82) is 0 Å². The molecule has 12 nitrogen and oxygen atoms in total. The van der Waals surface area contributed by atoms with Crippen LogP contribution in [0.1, 0.15) is 199 Å². The molecule has 2 aliphatic rings. The largest absolute Gasteiger partial charge is 0.287 e. The van der Waals surface area contributed by atoms with Crippen molar-refractivity contribution < 1.29 is 53.7 Å². The van der Waals surface area contributed by atoms with Gasteiger partial charge >= 0.3 is 0 Å². The highest BCUT2D eigenvalue weighted by Crippen LogP contribution is 2.41. The van der Waals surface area contributed by atoms with Crippen LogP contribution in [-0.4, -0.2) is 29.9 Å². The van der Waals surface area contributed by atoms with E-state index in [4.69, 9.17) is 0 Å². The summed E-state index contributed by atoms with van der Waals surface area (Å²) in [6.07, 6.45) is 26.0. The number of hydrogen-bond donors (Lipinski definition) is 0. The Balaban J connectivity index is 0.000000129. The van der Waals surface area contributed by atoms with Crippen LogP contribution in [0.3, 0.4) is 0 Å². The van der Waals surface area contributed by atoms with Gasteiger partial charge in [-0.25, -0.2) is 53.7 Å². The number of nitrogens with zero attached hydrogens (tertiary/aromatic N) is 12. The van der Waals surface area contributed by atoms with E-state index >= 15 is 0 Å². The summed E-state index contributed by atoms with van der Waals surface area (Å²) in [7, 11) is 11.9. The van der Waals surface area contributed by atoms with E-state index in [9.17, 15) is 26.3 Å². The van der Waals surface area contributed by atoms with Crippen LogP contribution in [0.25, 0.3) is 133 Å². The first-order chi connectivity index (χ1) is 67.7. The van der Waals surface area contributed by atoms with Crippen LogP contribution < -0.4 is 27.4 Å². The fraction of sp³-hybridized carbons (Fsp3) is 0.323. The summed E-state index contributed by atoms with van der Waals surface area (Å²) in [6.45, 7) is 33.9. The molecule has 6 aromatic heterocycles. The molecule has 20 rings (SSSR count). The second-order valence-electron chi connectivity index (χ2n) is 42.5. The molecule has 0 unspecified atom stereocenters. The van der Waals surface area contributed by atoms with Gasteiger partial charge in [0, 0.05) is 33.4 Å². The first-order valence-corrected chi connectivity index (χ1v) is 49.9. The van der Waals surface area contributed by atoms with Crippen LogP contribution in [0.15, 0.2) is 256 Å². The summed E-state index contributed by atoms with van der Waals surface area (Å²) in [5, 5.41) is 6.60. The lowest BCUT2D eigenvalue weighted by atomic mass is 9.87. The summed E-state index contributed by atoms with van der Waals surface area (Å²) in [4.78, 5) is 27.6. The van der Waals surface area contributed by atoms with Gasteiger partial charge in [-0.05, 0) is 393 Å². The zero-order valence-electron chi connectivity index (χ0n) is 86.7. The highest BCUT2D eigenvalue weighted by atomic mass is 19.1. The SMILES string of the molecule is Cc1cc(F)ccc1-c1c2ccc(C(C)C)cc2nc[n+]1C.Cc1cc(F)ccc1-c1c2ccc(C3CCCC3)cc2nc[n+]1C.Cc1cc(F)ccc1-c1c2ccc(CC(C)(C)C)cc2nc[n+]1C.Cc1cc(F)ccc1-c1c2ccc(CC(C)(C)C)cc2nc[n+]1C.Cc1cc(F)ccc1-c1c2ccc(CC(C)C)cc2nc[n+]1C.Cc1cc(F)ccc1-c1c2ccc(CC3CCCC3)cc2nc[n+]1C. The molecule has 2 aliphatic carbocycles. The summed E-state index contributed by atoms with van der Waals surface area (Å²) in [5.41, 5.74) is 32.7. The lowest BCUT2D eigenvalue weighted by Gasteiger charge is -2.18. The van der Waals surface area contributed by atoms with E-state index in [-0.39, 0.29) is 45.7 Å². The Kier molecular flexibility index (Phi) is 31.9. The van der Waals surface area contributed by atoms with E-state index in [0.29, 0.717) is 17.8 Å². The Morgan fingerprint density at radius 2 is 0.528 bits per heavy atom. The van der Waals surface area contributed by atoms with Crippen LogP contribution >= 0.6 is 0 Å². The van der Waals surface area contributed by atoms with E-state index in [1.165, 1.54) is 121 Å². The lowest BCUT2D eigenvalue weighted by molar-refractivity contribution is -0.662. The van der Waals surface area contributed by atoms with Crippen molar-refractivity contribution in [3.63, 3.8) is 0 Å². The molecular weight excluding hydrogens is 1770 g/mol.